The van der Waals surface area contributed by atoms with E-state index in [4.69, 9.17) is 0 Å². The van der Waals surface area contributed by atoms with Crippen molar-refractivity contribution >= 4 is 11.6 Å². The normalized spacial score (nSPS) is 19.4. The van der Waals surface area contributed by atoms with Gasteiger partial charge in [0.15, 0.2) is 11.6 Å². The van der Waals surface area contributed by atoms with E-state index in [0.29, 0.717) is 11.6 Å². The second-order valence-corrected chi connectivity index (χ2v) is 4.44. The molecule has 0 N–H and O–H groups in total. The van der Waals surface area contributed by atoms with Gasteiger partial charge in [0.25, 0.3) is 0 Å². The van der Waals surface area contributed by atoms with Crippen molar-refractivity contribution in [2.24, 2.45) is 0 Å². The van der Waals surface area contributed by atoms with Crippen molar-refractivity contribution < 1.29 is 9.59 Å². The van der Waals surface area contributed by atoms with Gasteiger partial charge in [0.2, 0.25) is 0 Å². The molecule has 17 heavy (non-hydrogen) atoms. The standard InChI is InChI=1S/C8H12O.C7H10O/c1-2-7-5-3-4-6-8(7)9;1-2-6-4-3-5-7(6)8/h5H,2-4,6H2,1H3;4H,2-3,5H2,1H3. The van der Waals surface area contributed by atoms with Crippen LogP contribution in [0, 0.1) is 0 Å². The molecule has 0 radical (unpaired) electrons. The molecule has 0 saturated carbocycles. The highest BCUT2D eigenvalue weighted by Crippen LogP contribution is 2.16. The highest BCUT2D eigenvalue weighted by atomic mass is 16.1. The number of rotatable bonds is 2. The number of allylic oxidation sites excluding steroid dienone is 4. The molecule has 0 atom stereocenters. The first kappa shape index (κ1) is 13.9. The van der Waals surface area contributed by atoms with Crippen LogP contribution in [0.15, 0.2) is 23.3 Å². The van der Waals surface area contributed by atoms with Crippen LogP contribution in [0.3, 0.4) is 0 Å². The van der Waals surface area contributed by atoms with E-state index in [-0.39, 0.29) is 0 Å². The lowest BCUT2D eigenvalue weighted by molar-refractivity contribution is -0.116. The van der Waals surface area contributed by atoms with Crippen LogP contribution in [-0.2, 0) is 9.59 Å². The highest BCUT2D eigenvalue weighted by molar-refractivity contribution is 5.97. The Labute approximate surface area is 104 Å². The Hall–Kier alpha value is -1.18. The molecule has 0 aromatic rings. The van der Waals surface area contributed by atoms with Gasteiger partial charge in [-0.05, 0) is 43.3 Å². The smallest absolute Gasteiger partial charge is 0.158 e. The number of ketones is 2. The zero-order chi connectivity index (χ0) is 12.7. The van der Waals surface area contributed by atoms with Gasteiger partial charge in [0, 0.05) is 12.8 Å². The molecule has 2 heteroatoms. The zero-order valence-electron chi connectivity index (χ0n) is 10.9. The molecule has 0 fully saturated rings. The average molecular weight is 234 g/mol. The van der Waals surface area contributed by atoms with Crippen LogP contribution in [0.2, 0.25) is 0 Å². The van der Waals surface area contributed by atoms with Gasteiger partial charge in [-0.1, -0.05) is 26.0 Å². The van der Waals surface area contributed by atoms with Crippen LogP contribution in [0.1, 0.15) is 58.8 Å². The number of Topliss-reactive ketones (excluding diaryl/α,β-unsaturated/α-hetero) is 2. The number of hydrogen-bond donors (Lipinski definition) is 0. The van der Waals surface area contributed by atoms with Crippen LogP contribution in [-0.4, -0.2) is 11.6 Å². The van der Waals surface area contributed by atoms with Gasteiger partial charge < -0.3 is 0 Å². The number of hydrogen-bond acceptors (Lipinski definition) is 2. The van der Waals surface area contributed by atoms with Crippen molar-refractivity contribution in [2.75, 3.05) is 0 Å². The van der Waals surface area contributed by atoms with Crippen molar-refractivity contribution in [3.63, 3.8) is 0 Å². The van der Waals surface area contributed by atoms with Gasteiger partial charge in [-0.3, -0.25) is 9.59 Å². The first-order valence-electron chi connectivity index (χ1n) is 6.63. The molecule has 2 aliphatic carbocycles. The summed E-state index contributed by atoms with van der Waals surface area (Å²) < 4.78 is 0. The molecule has 0 spiro atoms. The first-order chi connectivity index (χ1) is 8.19. The summed E-state index contributed by atoms with van der Waals surface area (Å²) >= 11 is 0. The number of carbonyl (C=O) groups is 2. The summed E-state index contributed by atoms with van der Waals surface area (Å²) in [4.78, 5) is 21.7. The predicted octanol–water partition coefficient (Wildman–Crippen LogP) is 3.76. The maximum atomic E-state index is 11.0. The topological polar surface area (TPSA) is 34.1 Å². The summed E-state index contributed by atoms with van der Waals surface area (Å²) in [6.45, 7) is 4.06. The second-order valence-electron chi connectivity index (χ2n) is 4.44. The molecular formula is C15H22O2. The minimum Gasteiger partial charge on any atom is -0.295 e. The first-order valence-corrected chi connectivity index (χ1v) is 6.63. The van der Waals surface area contributed by atoms with Crippen molar-refractivity contribution in [3.8, 4) is 0 Å². The molecule has 0 heterocycles. The fourth-order valence-electron chi connectivity index (χ4n) is 2.15. The SMILES string of the molecule is CCC1=CCCC1=O.CCC1=CCCCC1=O. The molecule has 0 aliphatic heterocycles. The predicted molar refractivity (Wildman–Crippen MR) is 69.8 cm³/mol. The third kappa shape index (κ3) is 4.29. The van der Waals surface area contributed by atoms with E-state index in [0.717, 1.165) is 56.1 Å². The van der Waals surface area contributed by atoms with Gasteiger partial charge in [0.1, 0.15) is 0 Å². The van der Waals surface area contributed by atoms with Crippen LogP contribution in [0.5, 0.6) is 0 Å². The fraction of sp³-hybridized carbons (Fsp3) is 0.600. The summed E-state index contributed by atoms with van der Waals surface area (Å²) in [6, 6.07) is 0. The van der Waals surface area contributed by atoms with Gasteiger partial charge >= 0.3 is 0 Å². The van der Waals surface area contributed by atoms with Gasteiger partial charge in [-0.2, -0.15) is 0 Å². The Balaban J connectivity index is 0.000000171. The second kappa shape index (κ2) is 7.21. The molecule has 2 nitrogen and oxygen atoms in total. The molecule has 2 rings (SSSR count). The summed E-state index contributed by atoms with van der Waals surface area (Å²) in [5, 5.41) is 0. The monoisotopic (exact) mass is 234 g/mol. The summed E-state index contributed by atoms with van der Waals surface area (Å²) in [5.74, 6) is 0.719. The van der Waals surface area contributed by atoms with Crippen LogP contribution in [0.25, 0.3) is 0 Å². The van der Waals surface area contributed by atoms with Crippen molar-refractivity contribution in [3.05, 3.63) is 23.3 Å². The van der Waals surface area contributed by atoms with Gasteiger partial charge in [0.05, 0.1) is 0 Å². The van der Waals surface area contributed by atoms with E-state index >= 15 is 0 Å². The van der Waals surface area contributed by atoms with E-state index in [1.807, 2.05) is 19.9 Å². The largest absolute Gasteiger partial charge is 0.295 e. The van der Waals surface area contributed by atoms with Crippen LogP contribution >= 0.6 is 0 Å². The third-order valence-corrected chi connectivity index (χ3v) is 3.24. The van der Waals surface area contributed by atoms with Crippen molar-refractivity contribution in [1.29, 1.82) is 0 Å². The van der Waals surface area contributed by atoms with Gasteiger partial charge in [-0.15, -0.1) is 0 Å². The van der Waals surface area contributed by atoms with Gasteiger partial charge in [-0.25, -0.2) is 0 Å². The van der Waals surface area contributed by atoms with E-state index in [9.17, 15) is 9.59 Å². The van der Waals surface area contributed by atoms with E-state index in [2.05, 4.69) is 6.08 Å². The number of carbonyl (C=O) groups excluding carboxylic acids is 2. The van der Waals surface area contributed by atoms with E-state index < -0.39 is 0 Å². The average Bonchev–Trinajstić information content (AvgIpc) is 2.76. The molecule has 0 amide bonds. The maximum absolute atomic E-state index is 11.0. The molecule has 0 saturated heterocycles. The summed E-state index contributed by atoms with van der Waals surface area (Å²) in [6.07, 6.45) is 10.6. The van der Waals surface area contributed by atoms with Crippen molar-refractivity contribution in [1.82, 2.24) is 0 Å². The lowest BCUT2D eigenvalue weighted by atomic mass is 9.97. The maximum Gasteiger partial charge on any atom is 0.158 e. The Bertz CT molecular complexity index is 348. The zero-order valence-corrected chi connectivity index (χ0v) is 10.9. The molecule has 0 aromatic heterocycles. The third-order valence-electron chi connectivity index (χ3n) is 3.24. The molecule has 0 aromatic carbocycles. The molecule has 94 valence electrons. The summed E-state index contributed by atoms with van der Waals surface area (Å²) in [5.41, 5.74) is 2.08. The molecule has 2 aliphatic rings. The Morgan fingerprint density at radius 3 is 1.76 bits per heavy atom. The molecule has 0 unspecified atom stereocenters. The molecular weight excluding hydrogens is 212 g/mol. The summed E-state index contributed by atoms with van der Waals surface area (Å²) in [7, 11) is 0. The quantitative estimate of drug-likeness (QED) is 0.729. The minimum absolute atomic E-state index is 0.354. The van der Waals surface area contributed by atoms with Crippen LogP contribution in [0.4, 0.5) is 0 Å². The molecule has 0 bridgehead atoms. The lowest BCUT2D eigenvalue weighted by Gasteiger charge is -2.07. The van der Waals surface area contributed by atoms with E-state index in [1.54, 1.807) is 0 Å². The highest BCUT2D eigenvalue weighted by Gasteiger charge is 2.11. The fourth-order valence-corrected chi connectivity index (χ4v) is 2.15. The lowest BCUT2D eigenvalue weighted by Crippen LogP contribution is -2.05. The Kier molecular flexibility index (Phi) is 5.88. The van der Waals surface area contributed by atoms with Crippen LogP contribution < -0.4 is 0 Å². The Morgan fingerprint density at radius 1 is 0.882 bits per heavy atom. The van der Waals surface area contributed by atoms with Crippen molar-refractivity contribution in [2.45, 2.75) is 58.8 Å². The Morgan fingerprint density at radius 2 is 1.41 bits per heavy atom. The minimum atomic E-state index is 0.354. The van der Waals surface area contributed by atoms with E-state index in [1.165, 1.54) is 0 Å².